The van der Waals surface area contributed by atoms with Gasteiger partial charge in [-0.05, 0) is 55.0 Å². The van der Waals surface area contributed by atoms with Crippen molar-refractivity contribution in [2.75, 3.05) is 18.0 Å². The first-order valence-corrected chi connectivity index (χ1v) is 10.8. The quantitative estimate of drug-likeness (QED) is 0.579. The molecule has 5 rings (SSSR count). The van der Waals surface area contributed by atoms with Crippen LogP contribution in [0, 0.1) is 5.92 Å². The van der Waals surface area contributed by atoms with Crippen LogP contribution in [0.2, 0.25) is 10.0 Å². The van der Waals surface area contributed by atoms with Gasteiger partial charge in [-0.25, -0.2) is 0 Å². The van der Waals surface area contributed by atoms with Crippen molar-refractivity contribution in [3.8, 4) is 11.3 Å². The van der Waals surface area contributed by atoms with E-state index in [1.54, 1.807) is 34.1 Å². The highest BCUT2D eigenvalue weighted by Crippen LogP contribution is 2.33. The third kappa shape index (κ3) is 3.82. The number of fused-ring (bicyclic) bond motifs is 1. The molecule has 1 atom stereocenters. The second kappa shape index (κ2) is 8.02. The van der Waals surface area contributed by atoms with Crippen molar-refractivity contribution in [2.45, 2.75) is 19.4 Å². The van der Waals surface area contributed by atoms with Crippen molar-refractivity contribution in [3.63, 3.8) is 0 Å². The van der Waals surface area contributed by atoms with E-state index in [0.717, 1.165) is 28.3 Å². The standard InChI is InChI=1S/C23H19Cl2N3O3/c24-16-3-1-14(2-4-16)22-19-9-10-27(13-20(19)26-31-22)23(30)15-11-21(29)28(12-15)18-7-5-17(25)6-8-18/h1-8,15H,9-13H2. The molecule has 1 aromatic heterocycles. The number of hydrogen-bond acceptors (Lipinski definition) is 4. The van der Waals surface area contributed by atoms with Gasteiger partial charge in [0.15, 0.2) is 5.76 Å². The van der Waals surface area contributed by atoms with Crippen LogP contribution >= 0.6 is 23.2 Å². The third-order valence-corrected chi connectivity index (χ3v) is 6.38. The van der Waals surface area contributed by atoms with Crippen molar-refractivity contribution in [2.24, 2.45) is 5.92 Å². The van der Waals surface area contributed by atoms with Crippen LogP contribution in [0.15, 0.2) is 53.1 Å². The Bertz CT molecular complexity index is 1140. The number of halogens is 2. The summed E-state index contributed by atoms with van der Waals surface area (Å²) in [6.07, 6.45) is 0.865. The van der Waals surface area contributed by atoms with Gasteiger partial charge in [-0.1, -0.05) is 28.4 Å². The van der Waals surface area contributed by atoms with Crippen LogP contribution in [0.25, 0.3) is 11.3 Å². The molecule has 3 aromatic rings. The molecule has 2 aliphatic rings. The molecular weight excluding hydrogens is 437 g/mol. The maximum absolute atomic E-state index is 13.2. The largest absolute Gasteiger partial charge is 0.356 e. The number of carbonyl (C=O) groups is 2. The smallest absolute Gasteiger partial charge is 0.228 e. The van der Waals surface area contributed by atoms with E-state index < -0.39 is 0 Å². The maximum atomic E-state index is 13.2. The van der Waals surface area contributed by atoms with Gasteiger partial charge in [-0.15, -0.1) is 0 Å². The fourth-order valence-electron chi connectivity index (χ4n) is 4.25. The zero-order chi connectivity index (χ0) is 21.5. The Morgan fingerprint density at radius 1 is 1.03 bits per heavy atom. The molecule has 0 bridgehead atoms. The SMILES string of the molecule is O=C(C1CC(=O)N(c2ccc(Cl)cc2)C1)N1CCc2c(noc2-c2ccc(Cl)cc2)C1. The minimum atomic E-state index is -0.368. The predicted octanol–water partition coefficient (Wildman–Crippen LogP) is 4.59. The molecule has 8 heteroatoms. The fraction of sp³-hybridized carbons (Fsp3) is 0.261. The molecule has 0 radical (unpaired) electrons. The molecule has 1 fully saturated rings. The Labute approximate surface area is 189 Å². The summed E-state index contributed by atoms with van der Waals surface area (Å²) >= 11 is 11.9. The second-order valence-electron chi connectivity index (χ2n) is 7.84. The number of benzene rings is 2. The van der Waals surface area contributed by atoms with Crippen LogP contribution in [-0.4, -0.2) is 35.0 Å². The lowest BCUT2D eigenvalue weighted by Gasteiger charge is -2.28. The van der Waals surface area contributed by atoms with Crippen LogP contribution in [-0.2, 0) is 22.6 Å². The molecule has 31 heavy (non-hydrogen) atoms. The third-order valence-electron chi connectivity index (χ3n) is 5.87. The first kappa shape index (κ1) is 20.1. The Hall–Kier alpha value is -2.83. The highest BCUT2D eigenvalue weighted by molar-refractivity contribution is 6.31. The van der Waals surface area contributed by atoms with Gasteiger partial charge in [0.05, 0.1) is 12.5 Å². The Morgan fingerprint density at radius 2 is 1.71 bits per heavy atom. The first-order chi connectivity index (χ1) is 15.0. The zero-order valence-corrected chi connectivity index (χ0v) is 18.1. The summed E-state index contributed by atoms with van der Waals surface area (Å²) < 4.78 is 5.59. The summed E-state index contributed by atoms with van der Waals surface area (Å²) in [5, 5.41) is 5.48. The van der Waals surface area contributed by atoms with Gasteiger partial charge in [0, 0.05) is 46.4 Å². The number of amides is 2. The average molecular weight is 456 g/mol. The van der Waals surface area contributed by atoms with E-state index in [0.29, 0.717) is 36.1 Å². The van der Waals surface area contributed by atoms with Gasteiger partial charge < -0.3 is 14.3 Å². The van der Waals surface area contributed by atoms with Crippen LogP contribution in [0.1, 0.15) is 17.7 Å². The van der Waals surface area contributed by atoms with Crippen molar-refractivity contribution < 1.29 is 14.1 Å². The second-order valence-corrected chi connectivity index (χ2v) is 8.71. The first-order valence-electron chi connectivity index (χ1n) is 10.1. The van der Waals surface area contributed by atoms with Crippen LogP contribution < -0.4 is 4.90 Å². The molecular formula is C23H19Cl2N3O3. The van der Waals surface area contributed by atoms with Gasteiger partial charge in [-0.3, -0.25) is 9.59 Å². The molecule has 1 unspecified atom stereocenters. The summed E-state index contributed by atoms with van der Waals surface area (Å²) in [6, 6.07) is 14.5. The lowest BCUT2D eigenvalue weighted by Crippen LogP contribution is -2.40. The summed E-state index contributed by atoms with van der Waals surface area (Å²) in [5.41, 5.74) is 3.47. The molecule has 2 aliphatic heterocycles. The summed E-state index contributed by atoms with van der Waals surface area (Å²) in [7, 11) is 0. The predicted molar refractivity (Wildman–Crippen MR) is 118 cm³/mol. The number of rotatable bonds is 3. The van der Waals surface area contributed by atoms with E-state index in [2.05, 4.69) is 5.16 Å². The van der Waals surface area contributed by atoms with Crippen LogP contribution in [0.5, 0.6) is 0 Å². The highest BCUT2D eigenvalue weighted by atomic mass is 35.5. The maximum Gasteiger partial charge on any atom is 0.228 e. The lowest BCUT2D eigenvalue weighted by atomic mass is 9.99. The molecule has 0 saturated carbocycles. The van der Waals surface area contributed by atoms with Crippen molar-refractivity contribution in [3.05, 3.63) is 69.8 Å². The van der Waals surface area contributed by atoms with Crippen LogP contribution in [0.4, 0.5) is 5.69 Å². The Morgan fingerprint density at radius 3 is 2.42 bits per heavy atom. The van der Waals surface area contributed by atoms with Crippen molar-refractivity contribution in [1.29, 1.82) is 0 Å². The topological polar surface area (TPSA) is 66.7 Å². The van der Waals surface area contributed by atoms with Gasteiger partial charge in [0.2, 0.25) is 11.8 Å². The van der Waals surface area contributed by atoms with E-state index in [-0.39, 0.29) is 24.2 Å². The Kier molecular flexibility index (Phi) is 5.20. The summed E-state index contributed by atoms with van der Waals surface area (Å²) in [4.78, 5) is 29.1. The number of aromatic nitrogens is 1. The molecule has 6 nitrogen and oxygen atoms in total. The van der Waals surface area contributed by atoms with Gasteiger partial charge in [0.1, 0.15) is 5.69 Å². The summed E-state index contributed by atoms with van der Waals surface area (Å²) in [5.74, 6) is 0.285. The number of nitrogens with zero attached hydrogens (tertiary/aromatic N) is 3. The van der Waals surface area contributed by atoms with Gasteiger partial charge in [-0.2, -0.15) is 0 Å². The molecule has 158 valence electrons. The molecule has 3 heterocycles. The molecule has 2 aromatic carbocycles. The highest BCUT2D eigenvalue weighted by Gasteiger charge is 2.38. The average Bonchev–Trinajstić information content (AvgIpc) is 3.38. The minimum Gasteiger partial charge on any atom is -0.356 e. The van der Waals surface area contributed by atoms with Gasteiger partial charge in [0.25, 0.3) is 0 Å². The van der Waals surface area contributed by atoms with E-state index in [9.17, 15) is 9.59 Å². The van der Waals surface area contributed by atoms with E-state index in [1.165, 1.54) is 0 Å². The lowest BCUT2D eigenvalue weighted by molar-refractivity contribution is -0.136. The molecule has 2 amide bonds. The summed E-state index contributed by atoms with van der Waals surface area (Å²) in [6.45, 7) is 1.33. The fourth-order valence-corrected chi connectivity index (χ4v) is 4.50. The monoisotopic (exact) mass is 455 g/mol. The normalized spacial score (nSPS) is 18.4. The van der Waals surface area contributed by atoms with Gasteiger partial charge >= 0.3 is 0 Å². The minimum absolute atomic E-state index is 0.0218. The van der Waals surface area contributed by atoms with E-state index in [4.69, 9.17) is 27.7 Å². The molecule has 1 saturated heterocycles. The molecule has 0 spiro atoms. The number of hydrogen-bond donors (Lipinski definition) is 0. The van der Waals surface area contributed by atoms with Crippen LogP contribution in [0.3, 0.4) is 0 Å². The van der Waals surface area contributed by atoms with Crippen molar-refractivity contribution >= 4 is 40.7 Å². The molecule has 0 N–H and O–H groups in total. The zero-order valence-electron chi connectivity index (χ0n) is 16.6. The van der Waals surface area contributed by atoms with E-state index >= 15 is 0 Å². The number of carbonyl (C=O) groups excluding carboxylic acids is 2. The number of anilines is 1. The molecule has 0 aliphatic carbocycles. The van der Waals surface area contributed by atoms with Crippen molar-refractivity contribution in [1.82, 2.24) is 10.1 Å². The van der Waals surface area contributed by atoms with E-state index in [1.807, 2.05) is 24.3 Å². The Balaban J connectivity index is 1.29.